The van der Waals surface area contributed by atoms with Crippen molar-refractivity contribution in [3.05, 3.63) is 36.2 Å². The van der Waals surface area contributed by atoms with Gasteiger partial charge in [0.15, 0.2) is 17.8 Å². The van der Waals surface area contributed by atoms with Crippen molar-refractivity contribution in [3.8, 4) is 23.6 Å². The van der Waals surface area contributed by atoms with E-state index in [-0.39, 0.29) is 11.9 Å². The Morgan fingerprint density at radius 3 is 3.00 bits per heavy atom. The van der Waals surface area contributed by atoms with E-state index in [1.165, 1.54) is 0 Å². The zero-order valence-electron chi connectivity index (χ0n) is 13.0. The first-order valence-electron chi connectivity index (χ1n) is 7.58. The molecule has 0 N–H and O–H groups in total. The van der Waals surface area contributed by atoms with Crippen LogP contribution in [-0.4, -0.2) is 41.3 Å². The van der Waals surface area contributed by atoms with Crippen LogP contribution in [0.1, 0.15) is 30.3 Å². The number of aromatic nitrogens is 6. The molecule has 0 bridgehead atoms. The summed E-state index contributed by atoms with van der Waals surface area (Å²) in [4.78, 5) is 14.7. The van der Waals surface area contributed by atoms with Crippen molar-refractivity contribution in [1.29, 1.82) is 5.26 Å². The summed E-state index contributed by atoms with van der Waals surface area (Å²) >= 11 is 0. The Kier molecular flexibility index (Phi) is 3.42. The highest BCUT2D eigenvalue weighted by atomic mass is 16.5. The van der Waals surface area contributed by atoms with Gasteiger partial charge in [0, 0.05) is 12.7 Å². The highest BCUT2D eigenvalue weighted by Gasteiger charge is 2.29. The summed E-state index contributed by atoms with van der Waals surface area (Å²) in [7, 11) is 0. The lowest BCUT2D eigenvalue weighted by Gasteiger charge is -2.13. The van der Waals surface area contributed by atoms with E-state index in [4.69, 9.17) is 9.78 Å². The Morgan fingerprint density at radius 2 is 2.21 bits per heavy atom. The molecular formula is C15H14N8O. The van der Waals surface area contributed by atoms with Crippen LogP contribution in [0, 0.1) is 18.4 Å². The van der Waals surface area contributed by atoms with Crippen LogP contribution in [0.25, 0.3) is 17.4 Å². The summed E-state index contributed by atoms with van der Waals surface area (Å²) < 4.78 is 6.96. The zero-order valence-corrected chi connectivity index (χ0v) is 13.0. The molecule has 1 fully saturated rings. The number of hydrogen-bond acceptors (Lipinski definition) is 8. The molecule has 24 heavy (non-hydrogen) atoms. The SMILES string of the molecule is Cc1cnn(-c2cncc(-c3nc([C@@H]4CCCN4C#N)no3)n2)c1. The minimum atomic E-state index is -0.127. The monoisotopic (exact) mass is 322 g/mol. The third-order valence-electron chi connectivity index (χ3n) is 3.91. The van der Waals surface area contributed by atoms with Crippen LogP contribution in [-0.2, 0) is 0 Å². The second-order valence-corrected chi connectivity index (χ2v) is 5.63. The molecule has 120 valence electrons. The minimum Gasteiger partial charge on any atom is -0.332 e. The number of nitriles is 1. The fraction of sp³-hybridized carbons (Fsp3) is 0.333. The first-order chi connectivity index (χ1) is 11.7. The molecule has 0 saturated carbocycles. The van der Waals surface area contributed by atoms with Crippen LogP contribution in [0.5, 0.6) is 0 Å². The van der Waals surface area contributed by atoms with Crippen molar-refractivity contribution in [2.45, 2.75) is 25.8 Å². The quantitative estimate of drug-likeness (QED) is 0.669. The van der Waals surface area contributed by atoms with Gasteiger partial charge < -0.3 is 4.52 Å². The van der Waals surface area contributed by atoms with E-state index in [2.05, 4.69) is 31.4 Å². The molecule has 3 aromatic rings. The second-order valence-electron chi connectivity index (χ2n) is 5.63. The summed E-state index contributed by atoms with van der Waals surface area (Å²) in [6, 6.07) is -0.127. The predicted octanol–water partition coefficient (Wildman–Crippen LogP) is 1.64. The van der Waals surface area contributed by atoms with E-state index in [9.17, 15) is 0 Å². The van der Waals surface area contributed by atoms with E-state index in [1.54, 1.807) is 28.2 Å². The van der Waals surface area contributed by atoms with E-state index >= 15 is 0 Å². The molecule has 1 atom stereocenters. The van der Waals surface area contributed by atoms with Gasteiger partial charge >= 0.3 is 0 Å². The van der Waals surface area contributed by atoms with E-state index in [1.807, 2.05) is 13.1 Å². The first-order valence-corrected chi connectivity index (χ1v) is 7.58. The van der Waals surface area contributed by atoms with Crippen LogP contribution in [0.4, 0.5) is 0 Å². The third-order valence-corrected chi connectivity index (χ3v) is 3.91. The van der Waals surface area contributed by atoms with Crippen molar-refractivity contribution in [1.82, 2.24) is 34.8 Å². The topological polar surface area (TPSA) is 110 Å². The van der Waals surface area contributed by atoms with Crippen LogP contribution < -0.4 is 0 Å². The van der Waals surface area contributed by atoms with E-state index in [0.717, 1.165) is 24.9 Å². The molecule has 0 aliphatic carbocycles. The van der Waals surface area contributed by atoms with Crippen molar-refractivity contribution >= 4 is 0 Å². The van der Waals surface area contributed by atoms with Gasteiger partial charge in [0.25, 0.3) is 5.89 Å². The molecule has 0 radical (unpaired) electrons. The van der Waals surface area contributed by atoms with Crippen molar-refractivity contribution in [2.24, 2.45) is 0 Å². The normalized spacial score (nSPS) is 17.2. The average Bonchev–Trinajstić information content (AvgIpc) is 3.34. The van der Waals surface area contributed by atoms with Gasteiger partial charge in [-0.1, -0.05) is 5.16 Å². The standard InChI is InChI=1S/C15H14N8O/c1-10-5-18-23(8-10)13-7-17-6-11(19-13)15-20-14(21-24-15)12-3-2-4-22(12)9-16/h5-8,12H,2-4H2,1H3/t12-/m0/s1. The maximum atomic E-state index is 9.14. The Labute approximate surface area is 137 Å². The number of nitrogens with zero attached hydrogens (tertiary/aromatic N) is 8. The average molecular weight is 322 g/mol. The molecule has 4 rings (SSSR count). The number of likely N-dealkylation sites (tertiary alicyclic amines) is 1. The smallest absolute Gasteiger partial charge is 0.278 e. The summed E-state index contributed by atoms with van der Waals surface area (Å²) in [5, 5.41) is 17.4. The predicted molar refractivity (Wildman–Crippen MR) is 81.5 cm³/mol. The maximum Gasteiger partial charge on any atom is 0.278 e. The second kappa shape index (κ2) is 5.73. The summed E-state index contributed by atoms with van der Waals surface area (Å²) in [5.74, 6) is 1.36. The number of aryl methyl sites for hydroxylation is 1. The van der Waals surface area contributed by atoms with Gasteiger partial charge in [-0.3, -0.25) is 9.88 Å². The molecule has 1 aliphatic rings. The van der Waals surface area contributed by atoms with Gasteiger partial charge in [-0.2, -0.15) is 15.3 Å². The Hall–Kier alpha value is -3.28. The molecule has 1 saturated heterocycles. The van der Waals surface area contributed by atoms with Crippen LogP contribution in [0.3, 0.4) is 0 Å². The molecule has 9 nitrogen and oxygen atoms in total. The van der Waals surface area contributed by atoms with Gasteiger partial charge in [-0.15, -0.1) is 0 Å². The largest absolute Gasteiger partial charge is 0.332 e. The molecule has 4 heterocycles. The van der Waals surface area contributed by atoms with Crippen molar-refractivity contribution < 1.29 is 4.52 Å². The minimum absolute atomic E-state index is 0.127. The van der Waals surface area contributed by atoms with Crippen LogP contribution in [0.2, 0.25) is 0 Å². The van der Waals surface area contributed by atoms with Gasteiger partial charge in [-0.05, 0) is 25.3 Å². The van der Waals surface area contributed by atoms with Crippen LogP contribution >= 0.6 is 0 Å². The van der Waals surface area contributed by atoms with E-state index < -0.39 is 0 Å². The molecule has 0 aromatic carbocycles. The van der Waals surface area contributed by atoms with Gasteiger partial charge in [0.1, 0.15) is 11.7 Å². The first kappa shape index (κ1) is 14.3. The molecular weight excluding hydrogens is 308 g/mol. The summed E-state index contributed by atoms with van der Waals surface area (Å²) in [6.07, 6.45) is 10.7. The maximum absolute atomic E-state index is 9.14. The summed E-state index contributed by atoms with van der Waals surface area (Å²) in [5.41, 5.74) is 1.50. The fourth-order valence-corrected chi connectivity index (χ4v) is 2.74. The lowest BCUT2D eigenvalue weighted by molar-refractivity contribution is 0.339. The lowest BCUT2D eigenvalue weighted by Crippen LogP contribution is -2.17. The van der Waals surface area contributed by atoms with Gasteiger partial charge in [-0.25, -0.2) is 9.67 Å². The lowest BCUT2D eigenvalue weighted by atomic mass is 10.2. The molecule has 9 heteroatoms. The van der Waals surface area contributed by atoms with Gasteiger partial charge in [0.05, 0.1) is 18.6 Å². The van der Waals surface area contributed by atoms with E-state index in [0.29, 0.717) is 17.3 Å². The van der Waals surface area contributed by atoms with Crippen molar-refractivity contribution in [3.63, 3.8) is 0 Å². The molecule has 3 aromatic heterocycles. The Balaban J connectivity index is 1.64. The zero-order chi connectivity index (χ0) is 16.5. The molecule has 0 amide bonds. The highest BCUT2D eigenvalue weighted by molar-refractivity contribution is 5.46. The third kappa shape index (κ3) is 2.48. The van der Waals surface area contributed by atoms with Crippen LogP contribution in [0.15, 0.2) is 29.3 Å². The molecule has 1 aliphatic heterocycles. The number of rotatable bonds is 3. The highest BCUT2D eigenvalue weighted by Crippen LogP contribution is 2.30. The molecule has 0 unspecified atom stereocenters. The number of hydrogen-bond donors (Lipinski definition) is 0. The molecule has 0 spiro atoms. The fourth-order valence-electron chi connectivity index (χ4n) is 2.74. The summed E-state index contributed by atoms with van der Waals surface area (Å²) in [6.45, 7) is 2.67. The van der Waals surface area contributed by atoms with Crippen molar-refractivity contribution in [2.75, 3.05) is 6.54 Å². The Morgan fingerprint density at radius 1 is 1.29 bits per heavy atom. The Bertz CT molecular complexity index is 908. The van der Waals surface area contributed by atoms with Gasteiger partial charge in [0.2, 0.25) is 0 Å².